The van der Waals surface area contributed by atoms with E-state index in [4.69, 9.17) is 19.4 Å². The van der Waals surface area contributed by atoms with Gasteiger partial charge in [-0.15, -0.1) is 0 Å². The molecular weight excluding hydrogens is 230 g/mol. The molecule has 0 saturated heterocycles. The molecule has 0 spiro atoms. The van der Waals surface area contributed by atoms with Gasteiger partial charge >= 0.3 is 0 Å². The molecule has 88 valence electrons. The first kappa shape index (κ1) is 14.0. The van der Waals surface area contributed by atoms with E-state index in [0.717, 1.165) is 27.5 Å². The SMILES string of the molecule is CC.[B]c1c(C)cc2c(Cl)nc(C)nc2c1C. The summed E-state index contributed by atoms with van der Waals surface area (Å²) in [6.45, 7) is 9.73. The van der Waals surface area contributed by atoms with Crippen molar-refractivity contribution in [3.05, 3.63) is 28.2 Å². The zero-order valence-corrected chi connectivity index (χ0v) is 11.7. The molecule has 0 aliphatic rings. The van der Waals surface area contributed by atoms with Crippen molar-refractivity contribution in [1.29, 1.82) is 0 Å². The first-order valence-electron chi connectivity index (χ1n) is 5.70. The highest BCUT2D eigenvalue weighted by molar-refractivity contribution is 6.37. The number of aryl methyl sites for hydroxylation is 3. The van der Waals surface area contributed by atoms with E-state index in [1.807, 2.05) is 40.7 Å². The molecular formula is C13H16BClN2. The predicted octanol–water partition coefficient (Wildman–Crippen LogP) is 3.03. The fourth-order valence-corrected chi connectivity index (χ4v) is 1.94. The molecule has 2 aromatic rings. The van der Waals surface area contributed by atoms with E-state index in [1.165, 1.54) is 0 Å². The van der Waals surface area contributed by atoms with Crippen LogP contribution in [0.5, 0.6) is 0 Å². The number of benzene rings is 1. The fraction of sp³-hybridized carbons (Fsp3) is 0.385. The Hall–Kier alpha value is -1.09. The Bertz CT molecular complexity index is 553. The average molecular weight is 247 g/mol. The van der Waals surface area contributed by atoms with Gasteiger partial charge in [-0.25, -0.2) is 9.97 Å². The average Bonchev–Trinajstić information content (AvgIpc) is 2.31. The Morgan fingerprint density at radius 1 is 1.12 bits per heavy atom. The number of halogens is 1. The summed E-state index contributed by atoms with van der Waals surface area (Å²) in [6.07, 6.45) is 0. The fourth-order valence-electron chi connectivity index (χ4n) is 1.68. The topological polar surface area (TPSA) is 25.8 Å². The molecule has 0 fully saturated rings. The van der Waals surface area contributed by atoms with Crippen LogP contribution in [0.3, 0.4) is 0 Å². The molecule has 0 aliphatic heterocycles. The van der Waals surface area contributed by atoms with Gasteiger partial charge in [0, 0.05) is 5.39 Å². The first-order chi connectivity index (χ1) is 8.00. The van der Waals surface area contributed by atoms with E-state index in [9.17, 15) is 0 Å². The van der Waals surface area contributed by atoms with E-state index >= 15 is 0 Å². The van der Waals surface area contributed by atoms with Crippen LogP contribution >= 0.6 is 11.6 Å². The van der Waals surface area contributed by atoms with Crippen LogP contribution in [0.15, 0.2) is 6.07 Å². The third-order valence-electron chi connectivity index (χ3n) is 2.56. The molecule has 0 amide bonds. The smallest absolute Gasteiger partial charge is 0.140 e. The van der Waals surface area contributed by atoms with Crippen LogP contribution in [-0.2, 0) is 0 Å². The predicted molar refractivity (Wildman–Crippen MR) is 75.5 cm³/mol. The third-order valence-corrected chi connectivity index (χ3v) is 2.84. The molecule has 0 atom stereocenters. The second kappa shape index (κ2) is 5.50. The molecule has 0 aliphatic carbocycles. The minimum absolute atomic E-state index is 0.490. The highest BCUT2D eigenvalue weighted by Gasteiger charge is 2.09. The second-order valence-electron chi connectivity index (χ2n) is 3.69. The van der Waals surface area contributed by atoms with E-state index in [-0.39, 0.29) is 0 Å². The molecule has 0 N–H and O–H groups in total. The van der Waals surface area contributed by atoms with Gasteiger partial charge in [0.1, 0.15) is 18.8 Å². The summed E-state index contributed by atoms with van der Waals surface area (Å²) in [7, 11) is 5.94. The van der Waals surface area contributed by atoms with Gasteiger partial charge in [0.05, 0.1) is 5.52 Å². The Morgan fingerprint density at radius 2 is 1.71 bits per heavy atom. The molecule has 0 bridgehead atoms. The van der Waals surface area contributed by atoms with Crippen molar-refractivity contribution in [3.8, 4) is 0 Å². The summed E-state index contributed by atoms with van der Waals surface area (Å²) in [5.41, 5.74) is 3.60. The highest BCUT2D eigenvalue weighted by Crippen LogP contribution is 2.23. The van der Waals surface area contributed by atoms with Gasteiger partial charge < -0.3 is 0 Å². The van der Waals surface area contributed by atoms with Gasteiger partial charge in [-0.1, -0.05) is 36.5 Å². The maximum atomic E-state index is 6.07. The van der Waals surface area contributed by atoms with Gasteiger partial charge in [0.15, 0.2) is 0 Å². The lowest BCUT2D eigenvalue weighted by atomic mass is 9.85. The molecule has 17 heavy (non-hydrogen) atoms. The summed E-state index contributed by atoms with van der Waals surface area (Å²) in [6, 6.07) is 1.93. The molecule has 0 saturated carbocycles. The van der Waals surface area contributed by atoms with Crippen LogP contribution in [0, 0.1) is 20.8 Å². The summed E-state index contributed by atoms with van der Waals surface area (Å²) < 4.78 is 0. The molecule has 1 heterocycles. The lowest BCUT2D eigenvalue weighted by molar-refractivity contribution is 1.09. The Labute approximate surface area is 109 Å². The maximum Gasteiger partial charge on any atom is 0.140 e. The normalized spacial score (nSPS) is 10.0. The van der Waals surface area contributed by atoms with Gasteiger partial charge in [0.25, 0.3) is 0 Å². The quantitative estimate of drug-likeness (QED) is 0.527. The molecule has 1 aromatic carbocycles. The lowest BCUT2D eigenvalue weighted by Gasteiger charge is -2.10. The van der Waals surface area contributed by atoms with Gasteiger partial charge in [0.2, 0.25) is 0 Å². The molecule has 2 nitrogen and oxygen atoms in total. The van der Waals surface area contributed by atoms with Gasteiger partial charge in [-0.05, 0) is 32.4 Å². The van der Waals surface area contributed by atoms with Crippen molar-refractivity contribution >= 4 is 35.8 Å². The number of hydrogen-bond donors (Lipinski definition) is 0. The summed E-state index contributed by atoms with van der Waals surface area (Å²) in [5.74, 6) is 0.666. The van der Waals surface area contributed by atoms with Crippen LogP contribution in [0.4, 0.5) is 0 Å². The molecule has 4 heteroatoms. The zero-order chi connectivity index (χ0) is 13.2. The van der Waals surface area contributed by atoms with E-state index in [0.29, 0.717) is 11.0 Å². The van der Waals surface area contributed by atoms with Crippen molar-refractivity contribution in [1.82, 2.24) is 9.97 Å². The molecule has 1 aromatic heterocycles. The van der Waals surface area contributed by atoms with Crippen molar-refractivity contribution in [2.24, 2.45) is 0 Å². The number of nitrogens with zero attached hydrogens (tertiary/aromatic N) is 2. The van der Waals surface area contributed by atoms with Crippen LogP contribution in [0.2, 0.25) is 5.15 Å². The number of aromatic nitrogens is 2. The van der Waals surface area contributed by atoms with Gasteiger partial charge in [-0.3, -0.25) is 0 Å². The van der Waals surface area contributed by atoms with E-state index < -0.39 is 0 Å². The lowest BCUT2D eigenvalue weighted by Crippen LogP contribution is -2.13. The van der Waals surface area contributed by atoms with Crippen molar-refractivity contribution < 1.29 is 0 Å². The minimum atomic E-state index is 0.490. The number of rotatable bonds is 0. The Morgan fingerprint density at radius 3 is 2.29 bits per heavy atom. The summed E-state index contributed by atoms with van der Waals surface area (Å²) in [5, 5.41) is 1.36. The standard InChI is InChI=1S/C11H10BClN2.C2H6/c1-5-4-8-10(6(2)9(5)12)14-7(3)15-11(8)13;1-2/h4H,1-3H3;1-2H3. The summed E-state index contributed by atoms with van der Waals surface area (Å²) >= 11 is 6.07. The first-order valence-corrected chi connectivity index (χ1v) is 6.08. The van der Waals surface area contributed by atoms with Crippen molar-refractivity contribution in [3.63, 3.8) is 0 Å². The Kier molecular flexibility index (Phi) is 4.52. The molecule has 2 rings (SSSR count). The van der Waals surface area contributed by atoms with E-state index in [2.05, 4.69) is 9.97 Å². The molecule has 2 radical (unpaired) electrons. The largest absolute Gasteiger partial charge is 0.233 e. The Balaban J connectivity index is 0.000000686. The zero-order valence-electron chi connectivity index (χ0n) is 10.9. The van der Waals surface area contributed by atoms with Crippen LogP contribution in [0.25, 0.3) is 10.9 Å². The van der Waals surface area contributed by atoms with Crippen LogP contribution in [0.1, 0.15) is 30.8 Å². The van der Waals surface area contributed by atoms with Crippen LogP contribution in [-0.4, -0.2) is 17.8 Å². The summed E-state index contributed by atoms with van der Waals surface area (Å²) in [4.78, 5) is 8.49. The number of fused-ring (bicyclic) bond motifs is 1. The minimum Gasteiger partial charge on any atom is -0.233 e. The van der Waals surface area contributed by atoms with Crippen molar-refractivity contribution in [2.45, 2.75) is 34.6 Å². The number of hydrogen-bond acceptors (Lipinski definition) is 2. The third kappa shape index (κ3) is 2.60. The monoisotopic (exact) mass is 246 g/mol. The highest BCUT2D eigenvalue weighted by atomic mass is 35.5. The van der Waals surface area contributed by atoms with Crippen molar-refractivity contribution in [2.75, 3.05) is 0 Å². The maximum absolute atomic E-state index is 6.07. The second-order valence-corrected chi connectivity index (χ2v) is 4.05. The van der Waals surface area contributed by atoms with Crippen LogP contribution < -0.4 is 5.46 Å². The van der Waals surface area contributed by atoms with Gasteiger partial charge in [-0.2, -0.15) is 0 Å². The van der Waals surface area contributed by atoms with E-state index in [1.54, 1.807) is 0 Å². The molecule has 0 unspecified atom stereocenters.